The minimum Gasteiger partial charge on any atom is -0.343 e. The van der Waals surface area contributed by atoms with Gasteiger partial charge in [-0.05, 0) is 19.4 Å². The van der Waals surface area contributed by atoms with Crippen LogP contribution in [0, 0.1) is 0 Å². The molecular weight excluding hydrogens is 260 g/mol. The van der Waals surface area contributed by atoms with Crippen LogP contribution in [0.3, 0.4) is 0 Å². The van der Waals surface area contributed by atoms with Gasteiger partial charge in [0.05, 0.1) is 13.2 Å². The van der Waals surface area contributed by atoms with E-state index >= 15 is 0 Å². The van der Waals surface area contributed by atoms with Gasteiger partial charge >= 0.3 is 0 Å². The second-order valence-electron chi connectivity index (χ2n) is 5.46. The van der Waals surface area contributed by atoms with Crippen LogP contribution in [0.25, 0.3) is 0 Å². The zero-order valence-electron chi connectivity index (χ0n) is 11.6. The second-order valence-corrected chi connectivity index (χ2v) is 5.46. The van der Waals surface area contributed by atoms with Gasteiger partial charge in [0.15, 0.2) is 11.9 Å². The summed E-state index contributed by atoms with van der Waals surface area (Å²) >= 11 is 0. The second kappa shape index (κ2) is 5.26. The Morgan fingerprint density at radius 2 is 2.00 bits per heavy atom. The van der Waals surface area contributed by atoms with Crippen molar-refractivity contribution in [2.24, 2.45) is 0 Å². The Labute approximate surface area is 117 Å². The number of ether oxygens (including phenoxy) is 4. The zero-order chi connectivity index (χ0) is 14.2. The SMILES string of the molecule is CC1(C)O[C@H]2CO[C@H](OCc3ccccc3)C(=O)[C@H]2O1. The Morgan fingerprint density at radius 1 is 1.25 bits per heavy atom. The maximum atomic E-state index is 12.3. The maximum absolute atomic E-state index is 12.3. The zero-order valence-corrected chi connectivity index (χ0v) is 11.6. The lowest BCUT2D eigenvalue weighted by Crippen LogP contribution is -2.49. The van der Waals surface area contributed by atoms with Crippen molar-refractivity contribution in [2.45, 2.75) is 44.7 Å². The Bertz CT molecular complexity index is 484. The highest BCUT2D eigenvalue weighted by Gasteiger charge is 2.50. The van der Waals surface area contributed by atoms with Gasteiger partial charge in [-0.15, -0.1) is 0 Å². The fourth-order valence-corrected chi connectivity index (χ4v) is 2.47. The van der Waals surface area contributed by atoms with Crippen molar-refractivity contribution < 1.29 is 23.7 Å². The van der Waals surface area contributed by atoms with E-state index in [1.807, 2.05) is 30.3 Å². The van der Waals surface area contributed by atoms with Crippen LogP contribution >= 0.6 is 0 Å². The number of carbonyl (C=O) groups excluding carboxylic acids is 1. The molecule has 0 radical (unpaired) electrons. The van der Waals surface area contributed by atoms with E-state index in [0.717, 1.165) is 5.56 Å². The molecule has 20 heavy (non-hydrogen) atoms. The smallest absolute Gasteiger partial charge is 0.221 e. The third-order valence-corrected chi connectivity index (χ3v) is 3.35. The molecule has 0 aromatic heterocycles. The van der Waals surface area contributed by atoms with Crippen LogP contribution in [0.1, 0.15) is 19.4 Å². The fourth-order valence-electron chi connectivity index (χ4n) is 2.47. The summed E-state index contributed by atoms with van der Waals surface area (Å²) in [6.07, 6.45) is -1.82. The van der Waals surface area contributed by atoms with E-state index in [9.17, 15) is 4.79 Å². The van der Waals surface area contributed by atoms with Crippen LogP contribution in [0.2, 0.25) is 0 Å². The Kier molecular flexibility index (Phi) is 3.60. The molecule has 2 fully saturated rings. The van der Waals surface area contributed by atoms with Gasteiger partial charge in [-0.25, -0.2) is 0 Å². The first-order valence-corrected chi connectivity index (χ1v) is 6.72. The monoisotopic (exact) mass is 278 g/mol. The van der Waals surface area contributed by atoms with Crippen molar-refractivity contribution in [1.29, 1.82) is 0 Å². The average Bonchev–Trinajstić information content (AvgIpc) is 2.75. The average molecular weight is 278 g/mol. The quantitative estimate of drug-likeness (QED) is 0.841. The molecule has 0 amide bonds. The van der Waals surface area contributed by atoms with E-state index in [1.54, 1.807) is 13.8 Å². The summed E-state index contributed by atoms with van der Waals surface area (Å²) in [5.74, 6) is -0.953. The summed E-state index contributed by atoms with van der Waals surface area (Å²) in [6.45, 7) is 4.22. The van der Waals surface area contributed by atoms with E-state index in [2.05, 4.69) is 0 Å². The van der Waals surface area contributed by atoms with Crippen LogP contribution in [0.5, 0.6) is 0 Å². The molecule has 0 unspecified atom stereocenters. The number of rotatable bonds is 3. The van der Waals surface area contributed by atoms with Gasteiger partial charge in [0.1, 0.15) is 6.10 Å². The number of Topliss-reactive ketones (excluding diaryl/α,β-unsaturated/α-hetero) is 1. The lowest BCUT2D eigenvalue weighted by atomic mass is 10.1. The molecular formula is C15H18O5. The maximum Gasteiger partial charge on any atom is 0.221 e. The van der Waals surface area contributed by atoms with Crippen LogP contribution in [-0.2, 0) is 30.3 Å². The first-order chi connectivity index (χ1) is 9.55. The van der Waals surface area contributed by atoms with Crippen molar-refractivity contribution in [3.05, 3.63) is 35.9 Å². The lowest BCUT2D eigenvalue weighted by molar-refractivity contribution is -0.200. The molecule has 5 heteroatoms. The number of hydrogen-bond acceptors (Lipinski definition) is 5. The number of fused-ring (bicyclic) bond motifs is 1. The van der Waals surface area contributed by atoms with Crippen LogP contribution in [-0.4, -0.2) is 36.7 Å². The normalized spacial score (nSPS) is 32.1. The topological polar surface area (TPSA) is 54.0 Å². The van der Waals surface area contributed by atoms with E-state index in [1.165, 1.54) is 0 Å². The van der Waals surface area contributed by atoms with Gasteiger partial charge < -0.3 is 18.9 Å². The van der Waals surface area contributed by atoms with Gasteiger partial charge in [0.2, 0.25) is 12.1 Å². The van der Waals surface area contributed by atoms with Crippen LogP contribution in [0.4, 0.5) is 0 Å². The molecule has 5 nitrogen and oxygen atoms in total. The molecule has 2 heterocycles. The van der Waals surface area contributed by atoms with Crippen molar-refractivity contribution in [1.82, 2.24) is 0 Å². The predicted octanol–water partition coefficient (Wildman–Crippen LogP) is 1.65. The minimum absolute atomic E-state index is 0.206. The molecule has 2 saturated heterocycles. The van der Waals surface area contributed by atoms with E-state index in [4.69, 9.17) is 18.9 Å². The van der Waals surface area contributed by atoms with Crippen molar-refractivity contribution >= 4 is 5.78 Å². The summed E-state index contributed by atoms with van der Waals surface area (Å²) in [5, 5.41) is 0. The molecule has 0 spiro atoms. The molecule has 3 atom stereocenters. The molecule has 0 N–H and O–H groups in total. The number of carbonyl (C=O) groups is 1. The highest BCUT2D eigenvalue weighted by Crippen LogP contribution is 2.32. The number of hydrogen-bond donors (Lipinski definition) is 0. The van der Waals surface area contributed by atoms with E-state index in [0.29, 0.717) is 13.2 Å². The standard InChI is InChI=1S/C15H18O5/c1-15(2)19-11-9-18-14(12(16)13(11)20-15)17-8-10-6-4-3-5-7-10/h3-7,11,13-14H,8-9H2,1-2H3/t11-,13-,14-/m0/s1. The Hall–Kier alpha value is -1.27. The van der Waals surface area contributed by atoms with Crippen molar-refractivity contribution in [3.8, 4) is 0 Å². The summed E-state index contributed by atoms with van der Waals surface area (Å²) in [6, 6.07) is 9.66. The van der Waals surface area contributed by atoms with Crippen molar-refractivity contribution in [3.63, 3.8) is 0 Å². The Balaban J connectivity index is 1.61. The molecule has 0 bridgehead atoms. The highest BCUT2D eigenvalue weighted by molar-refractivity contribution is 5.87. The summed E-state index contributed by atoms with van der Waals surface area (Å²) in [5.41, 5.74) is 0.995. The highest BCUT2D eigenvalue weighted by atomic mass is 16.8. The van der Waals surface area contributed by atoms with E-state index in [-0.39, 0.29) is 11.9 Å². The predicted molar refractivity (Wildman–Crippen MR) is 69.8 cm³/mol. The van der Waals surface area contributed by atoms with Gasteiger partial charge in [0.25, 0.3) is 0 Å². The molecule has 1 aromatic rings. The largest absolute Gasteiger partial charge is 0.343 e. The first kappa shape index (κ1) is 13.7. The lowest BCUT2D eigenvalue weighted by Gasteiger charge is -2.28. The molecule has 0 aliphatic carbocycles. The van der Waals surface area contributed by atoms with Crippen LogP contribution in [0.15, 0.2) is 30.3 Å². The summed E-state index contributed by atoms with van der Waals surface area (Å²) in [7, 11) is 0. The van der Waals surface area contributed by atoms with Gasteiger partial charge in [-0.1, -0.05) is 30.3 Å². The third-order valence-electron chi connectivity index (χ3n) is 3.35. The van der Waals surface area contributed by atoms with Gasteiger partial charge in [-0.3, -0.25) is 4.79 Å². The molecule has 3 rings (SSSR count). The fraction of sp³-hybridized carbons (Fsp3) is 0.533. The van der Waals surface area contributed by atoms with E-state index < -0.39 is 18.2 Å². The minimum atomic E-state index is -0.881. The third kappa shape index (κ3) is 2.76. The van der Waals surface area contributed by atoms with Gasteiger partial charge in [0, 0.05) is 0 Å². The number of ketones is 1. The molecule has 108 valence electrons. The molecule has 2 aliphatic heterocycles. The van der Waals surface area contributed by atoms with Crippen LogP contribution < -0.4 is 0 Å². The summed E-state index contributed by atoms with van der Waals surface area (Å²) in [4.78, 5) is 12.3. The molecule has 0 saturated carbocycles. The first-order valence-electron chi connectivity index (χ1n) is 6.72. The Morgan fingerprint density at radius 3 is 2.75 bits per heavy atom. The van der Waals surface area contributed by atoms with Gasteiger partial charge in [-0.2, -0.15) is 0 Å². The van der Waals surface area contributed by atoms with Crippen molar-refractivity contribution in [2.75, 3.05) is 6.61 Å². The molecule has 1 aromatic carbocycles. The summed E-state index contributed by atoms with van der Waals surface area (Å²) < 4.78 is 22.2. The number of benzene rings is 1. The molecule has 2 aliphatic rings.